The van der Waals surface area contributed by atoms with Crippen LogP contribution in [0.15, 0.2) is 27.2 Å². The van der Waals surface area contributed by atoms with Gasteiger partial charge >= 0.3 is 5.69 Å². The largest absolute Gasteiger partial charge is 0.328 e. The second-order valence-corrected chi connectivity index (χ2v) is 5.66. The summed E-state index contributed by atoms with van der Waals surface area (Å²) < 4.78 is 1.55. The lowest BCUT2D eigenvalue weighted by Crippen LogP contribution is -2.34. The molecule has 0 bridgehead atoms. The first-order valence-corrected chi connectivity index (χ1v) is 7.56. The SMILES string of the molecule is CCc1cn(CCNCc2sccc2C)c(=O)[nH]c1=O. The fourth-order valence-electron chi connectivity index (χ4n) is 1.96. The summed E-state index contributed by atoms with van der Waals surface area (Å²) in [7, 11) is 0. The summed E-state index contributed by atoms with van der Waals surface area (Å²) in [4.78, 5) is 26.8. The predicted molar refractivity (Wildman–Crippen MR) is 81.5 cm³/mol. The summed E-state index contributed by atoms with van der Waals surface area (Å²) >= 11 is 1.73. The number of aromatic amines is 1. The number of thiophene rings is 1. The molecular formula is C14H19N3O2S. The molecule has 0 spiro atoms. The lowest BCUT2D eigenvalue weighted by Gasteiger charge is -2.08. The Kier molecular flexibility index (Phi) is 4.92. The minimum absolute atomic E-state index is 0.282. The Morgan fingerprint density at radius 2 is 2.20 bits per heavy atom. The molecule has 108 valence electrons. The molecule has 2 aromatic heterocycles. The van der Waals surface area contributed by atoms with Gasteiger partial charge in [0.25, 0.3) is 5.56 Å². The number of hydrogen-bond acceptors (Lipinski definition) is 4. The zero-order valence-electron chi connectivity index (χ0n) is 11.7. The lowest BCUT2D eigenvalue weighted by molar-refractivity contribution is 0.572. The van der Waals surface area contributed by atoms with Gasteiger partial charge in [-0.05, 0) is 30.4 Å². The van der Waals surface area contributed by atoms with E-state index in [1.54, 1.807) is 22.1 Å². The average molecular weight is 293 g/mol. The van der Waals surface area contributed by atoms with Crippen LogP contribution in [0.1, 0.15) is 22.9 Å². The summed E-state index contributed by atoms with van der Waals surface area (Å²) in [5, 5.41) is 5.39. The van der Waals surface area contributed by atoms with Gasteiger partial charge in [0.05, 0.1) is 0 Å². The number of nitrogens with zero attached hydrogens (tertiary/aromatic N) is 1. The van der Waals surface area contributed by atoms with Crippen LogP contribution in [0.25, 0.3) is 0 Å². The van der Waals surface area contributed by atoms with Crippen molar-refractivity contribution in [3.8, 4) is 0 Å². The van der Waals surface area contributed by atoms with Crippen LogP contribution < -0.4 is 16.6 Å². The highest BCUT2D eigenvalue weighted by atomic mass is 32.1. The third-order valence-electron chi connectivity index (χ3n) is 3.25. The van der Waals surface area contributed by atoms with Gasteiger partial charge in [0, 0.05) is 36.3 Å². The third kappa shape index (κ3) is 3.46. The number of nitrogens with one attached hydrogen (secondary N) is 2. The number of H-pyrrole nitrogens is 1. The van der Waals surface area contributed by atoms with Crippen molar-refractivity contribution in [1.29, 1.82) is 0 Å². The Labute approximate surface area is 121 Å². The Morgan fingerprint density at radius 1 is 1.40 bits per heavy atom. The number of rotatable bonds is 6. The molecule has 0 fully saturated rings. The fourth-order valence-corrected chi connectivity index (χ4v) is 2.83. The molecule has 0 saturated heterocycles. The van der Waals surface area contributed by atoms with Crippen molar-refractivity contribution in [3.05, 3.63) is 54.5 Å². The number of aryl methyl sites for hydroxylation is 2. The van der Waals surface area contributed by atoms with Crippen LogP contribution in [0.5, 0.6) is 0 Å². The first-order chi connectivity index (χ1) is 9.61. The first-order valence-electron chi connectivity index (χ1n) is 6.68. The van der Waals surface area contributed by atoms with Gasteiger partial charge in [-0.3, -0.25) is 14.3 Å². The maximum Gasteiger partial charge on any atom is 0.328 e. The minimum atomic E-state index is -0.346. The van der Waals surface area contributed by atoms with Crippen LogP contribution in [0.3, 0.4) is 0 Å². The van der Waals surface area contributed by atoms with Crippen LogP contribution in [-0.2, 0) is 19.5 Å². The summed E-state index contributed by atoms with van der Waals surface area (Å²) in [6.07, 6.45) is 2.27. The Hall–Kier alpha value is -1.66. The molecule has 5 nitrogen and oxygen atoms in total. The normalized spacial score (nSPS) is 10.9. The van der Waals surface area contributed by atoms with Crippen LogP contribution in [0, 0.1) is 6.92 Å². The van der Waals surface area contributed by atoms with E-state index >= 15 is 0 Å². The van der Waals surface area contributed by atoms with Crippen molar-refractivity contribution in [2.45, 2.75) is 33.4 Å². The Morgan fingerprint density at radius 3 is 2.85 bits per heavy atom. The van der Waals surface area contributed by atoms with Gasteiger partial charge in [-0.2, -0.15) is 0 Å². The van der Waals surface area contributed by atoms with Crippen LogP contribution in [0.4, 0.5) is 0 Å². The maximum atomic E-state index is 11.7. The summed E-state index contributed by atoms with van der Waals surface area (Å²) in [5.41, 5.74) is 1.30. The van der Waals surface area contributed by atoms with Crippen molar-refractivity contribution in [2.24, 2.45) is 0 Å². The van der Waals surface area contributed by atoms with E-state index in [0.717, 1.165) is 6.54 Å². The monoisotopic (exact) mass is 293 g/mol. The van der Waals surface area contributed by atoms with Crippen molar-refractivity contribution in [2.75, 3.05) is 6.54 Å². The molecule has 6 heteroatoms. The second-order valence-electron chi connectivity index (χ2n) is 4.66. The molecule has 0 amide bonds. The molecule has 0 radical (unpaired) electrons. The molecule has 2 aromatic rings. The summed E-state index contributed by atoms with van der Waals surface area (Å²) in [6.45, 7) is 6.03. The second kappa shape index (κ2) is 6.67. The van der Waals surface area contributed by atoms with E-state index in [0.29, 0.717) is 25.1 Å². The number of aromatic nitrogens is 2. The molecular weight excluding hydrogens is 274 g/mol. The van der Waals surface area contributed by atoms with E-state index in [4.69, 9.17) is 0 Å². The van der Waals surface area contributed by atoms with Crippen molar-refractivity contribution >= 4 is 11.3 Å². The molecule has 0 saturated carbocycles. The van der Waals surface area contributed by atoms with Gasteiger partial charge in [-0.15, -0.1) is 11.3 Å². The first kappa shape index (κ1) is 14.7. The zero-order chi connectivity index (χ0) is 14.5. The molecule has 0 atom stereocenters. The fraction of sp³-hybridized carbons (Fsp3) is 0.429. The van der Waals surface area contributed by atoms with E-state index in [1.165, 1.54) is 10.4 Å². The molecule has 0 aliphatic rings. The van der Waals surface area contributed by atoms with Crippen LogP contribution in [-0.4, -0.2) is 16.1 Å². The van der Waals surface area contributed by atoms with E-state index in [1.807, 2.05) is 6.92 Å². The minimum Gasteiger partial charge on any atom is -0.310 e. The predicted octanol–water partition coefficient (Wildman–Crippen LogP) is 1.26. The molecule has 2 heterocycles. The van der Waals surface area contributed by atoms with Crippen molar-refractivity contribution in [1.82, 2.24) is 14.9 Å². The topological polar surface area (TPSA) is 66.9 Å². The standard InChI is InChI=1S/C14H19N3O2S/c1-3-11-9-17(14(19)16-13(11)18)6-5-15-8-12-10(2)4-7-20-12/h4,7,9,15H,3,5-6,8H2,1-2H3,(H,16,18,19). The molecule has 2 rings (SSSR count). The molecule has 0 unspecified atom stereocenters. The molecule has 0 aliphatic carbocycles. The van der Waals surface area contributed by atoms with Crippen LogP contribution in [0.2, 0.25) is 0 Å². The molecule has 2 N–H and O–H groups in total. The Balaban J connectivity index is 1.93. The van der Waals surface area contributed by atoms with Crippen molar-refractivity contribution < 1.29 is 0 Å². The van der Waals surface area contributed by atoms with E-state index in [2.05, 4.69) is 28.7 Å². The molecule has 0 aliphatic heterocycles. The van der Waals surface area contributed by atoms with Crippen LogP contribution >= 0.6 is 11.3 Å². The van der Waals surface area contributed by atoms with E-state index in [9.17, 15) is 9.59 Å². The molecule has 20 heavy (non-hydrogen) atoms. The summed E-state index contributed by atoms with van der Waals surface area (Å²) in [6, 6.07) is 2.10. The van der Waals surface area contributed by atoms with Gasteiger partial charge in [-0.25, -0.2) is 4.79 Å². The van der Waals surface area contributed by atoms with E-state index < -0.39 is 0 Å². The number of hydrogen-bond donors (Lipinski definition) is 2. The zero-order valence-corrected chi connectivity index (χ0v) is 12.5. The van der Waals surface area contributed by atoms with Gasteiger partial charge in [-0.1, -0.05) is 6.92 Å². The smallest absolute Gasteiger partial charge is 0.310 e. The van der Waals surface area contributed by atoms with Crippen molar-refractivity contribution in [3.63, 3.8) is 0 Å². The van der Waals surface area contributed by atoms with E-state index in [-0.39, 0.29) is 11.2 Å². The quantitative estimate of drug-likeness (QED) is 0.788. The third-order valence-corrected chi connectivity index (χ3v) is 4.27. The van der Waals surface area contributed by atoms with Gasteiger partial charge in [0.2, 0.25) is 0 Å². The highest BCUT2D eigenvalue weighted by Crippen LogP contribution is 2.14. The highest BCUT2D eigenvalue weighted by molar-refractivity contribution is 7.10. The van der Waals surface area contributed by atoms with Gasteiger partial charge in [0.15, 0.2) is 0 Å². The maximum absolute atomic E-state index is 11.7. The van der Waals surface area contributed by atoms with Gasteiger partial charge < -0.3 is 5.32 Å². The lowest BCUT2D eigenvalue weighted by atomic mass is 10.2. The molecule has 0 aromatic carbocycles. The van der Waals surface area contributed by atoms with Gasteiger partial charge in [0.1, 0.15) is 0 Å². The highest BCUT2D eigenvalue weighted by Gasteiger charge is 2.03. The Bertz CT molecular complexity index is 684. The average Bonchev–Trinajstić information content (AvgIpc) is 2.82. The summed E-state index contributed by atoms with van der Waals surface area (Å²) in [5.74, 6) is 0.